The second-order valence-electron chi connectivity index (χ2n) is 9.52. The number of nitrogens with one attached hydrogen (secondary N) is 1. The highest BCUT2D eigenvalue weighted by atomic mass is 16.2. The van der Waals surface area contributed by atoms with Crippen LogP contribution in [0.15, 0.2) is 58.6 Å². The molecule has 0 aliphatic rings. The van der Waals surface area contributed by atoms with E-state index in [1.807, 2.05) is 38.1 Å². The Morgan fingerprint density at radius 2 is 1.80 bits per heavy atom. The SMILES string of the molecule is C=Cc1ccc(Cn2nc3n(CCC(C)C)c(=O)c4ccc(C(=O)NC(C)C)cc4n3c2=O)cc1. The number of carbonyl (C=O) groups is 1. The first-order valence-electron chi connectivity index (χ1n) is 11.9. The molecular formula is C27H31N5O3. The zero-order chi connectivity index (χ0) is 25.3. The molecule has 0 fully saturated rings. The van der Waals surface area contributed by atoms with Crippen molar-refractivity contribution in [2.75, 3.05) is 0 Å². The normalized spacial score (nSPS) is 11.6. The van der Waals surface area contributed by atoms with Crippen LogP contribution in [0.3, 0.4) is 0 Å². The van der Waals surface area contributed by atoms with Crippen molar-refractivity contribution >= 4 is 28.7 Å². The van der Waals surface area contributed by atoms with Crippen LogP contribution >= 0.6 is 0 Å². The van der Waals surface area contributed by atoms with Crippen molar-refractivity contribution in [3.8, 4) is 0 Å². The number of amides is 1. The van der Waals surface area contributed by atoms with Gasteiger partial charge in [0.15, 0.2) is 0 Å². The molecule has 0 saturated heterocycles. The maximum atomic E-state index is 13.6. The molecule has 4 aromatic rings. The van der Waals surface area contributed by atoms with E-state index in [-0.39, 0.29) is 35.5 Å². The second kappa shape index (κ2) is 9.74. The van der Waals surface area contributed by atoms with Gasteiger partial charge in [-0.1, -0.05) is 50.8 Å². The Labute approximate surface area is 203 Å². The smallest absolute Gasteiger partial charge is 0.350 e. The van der Waals surface area contributed by atoms with E-state index >= 15 is 0 Å². The number of carbonyl (C=O) groups excluding carboxylic acids is 1. The summed E-state index contributed by atoms with van der Waals surface area (Å²) in [5.74, 6) is 0.385. The Morgan fingerprint density at radius 3 is 2.43 bits per heavy atom. The van der Waals surface area contributed by atoms with E-state index in [1.165, 1.54) is 9.08 Å². The third kappa shape index (κ3) is 4.82. The molecular weight excluding hydrogens is 442 g/mol. The average Bonchev–Trinajstić information content (AvgIpc) is 3.14. The molecule has 0 radical (unpaired) electrons. The van der Waals surface area contributed by atoms with E-state index in [1.54, 1.807) is 28.8 Å². The van der Waals surface area contributed by atoms with Crippen molar-refractivity contribution < 1.29 is 4.79 Å². The predicted octanol–water partition coefficient (Wildman–Crippen LogP) is 3.69. The Morgan fingerprint density at radius 1 is 1.09 bits per heavy atom. The van der Waals surface area contributed by atoms with E-state index in [0.717, 1.165) is 17.5 Å². The van der Waals surface area contributed by atoms with Gasteiger partial charge in [-0.2, -0.15) is 0 Å². The summed E-state index contributed by atoms with van der Waals surface area (Å²) in [7, 11) is 0. The van der Waals surface area contributed by atoms with Crippen LogP contribution in [0.5, 0.6) is 0 Å². The maximum absolute atomic E-state index is 13.6. The Hall–Kier alpha value is -3.94. The molecule has 1 amide bonds. The van der Waals surface area contributed by atoms with Crippen LogP contribution in [0, 0.1) is 5.92 Å². The predicted molar refractivity (Wildman–Crippen MR) is 139 cm³/mol. The van der Waals surface area contributed by atoms with Gasteiger partial charge in [-0.3, -0.25) is 14.2 Å². The molecule has 0 aliphatic carbocycles. The molecule has 1 N–H and O–H groups in total. The zero-order valence-corrected chi connectivity index (χ0v) is 20.6. The lowest BCUT2D eigenvalue weighted by Crippen LogP contribution is -2.30. The maximum Gasteiger partial charge on any atom is 0.352 e. The third-order valence-electron chi connectivity index (χ3n) is 5.94. The molecule has 2 heterocycles. The summed E-state index contributed by atoms with van der Waals surface area (Å²) in [4.78, 5) is 39.7. The molecule has 0 spiro atoms. The molecule has 0 atom stereocenters. The molecule has 8 heteroatoms. The van der Waals surface area contributed by atoms with Gasteiger partial charge in [-0.25, -0.2) is 13.9 Å². The summed E-state index contributed by atoms with van der Waals surface area (Å²) in [5, 5.41) is 7.80. The fraction of sp³-hybridized carbons (Fsp3) is 0.333. The van der Waals surface area contributed by atoms with Crippen LogP contribution in [-0.2, 0) is 13.1 Å². The molecule has 8 nitrogen and oxygen atoms in total. The minimum absolute atomic E-state index is 0.0415. The third-order valence-corrected chi connectivity index (χ3v) is 5.94. The van der Waals surface area contributed by atoms with Crippen molar-refractivity contribution in [2.24, 2.45) is 5.92 Å². The zero-order valence-electron chi connectivity index (χ0n) is 20.6. The monoisotopic (exact) mass is 473 g/mol. The van der Waals surface area contributed by atoms with Crippen LogP contribution in [0.4, 0.5) is 0 Å². The van der Waals surface area contributed by atoms with E-state index in [9.17, 15) is 14.4 Å². The van der Waals surface area contributed by atoms with Crippen LogP contribution in [0.25, 0.3) is 22.8 Å². The number of fused-ring (bicyclic) bond motifs is 3. The van der Waals surface area contributed by atoms with E-state index in [2.05, 4.69) is 30.8 Å². The number of hydrogen-bond acceptors (Lipinski definition) is 4. The molecule has 2 aromatic heterocycles. The van der Waals surface area contributed by atoms with Crippen LogP contribution in [0.2, 0.25) is 0 Å². The number of hydrogen-bond donors (Lipinski definition) is 1. The van der Waals surface area contributed by atoms with Gasteiger partial charge >= 0.3 is 5.69 Å². The fourth-order valence-corrected chi connectivity index (χ4v) is 4.03. The summed E-state index contributed by atoms with van der Waals surface area (Å²) >= 11 is 0. The molecule has 0 bridgehead atoms. The molecule has 2 aromatic carbocycles. The van der Waals surface area contributed by atoms with Crippen molar-refractivity contribution in [1.82, 2.24) is 24.1 Å². The van der Waals surface area contributed by atoms with Crippen LogP contribution < -0.4 is 16.6 Å². The van der Waals surface area contributed by atoms with Gasteiger partial charge in [0.1, 0.15) is 0 Å². The molecule has 182 valence electrons. The number of aromatic nitrogens is 4. The highest BCUT2D eigenvalue weighted by Crippen LogP contribution is 2.16. The van der Waals surface area contributed by atoms with Gasteiger partial charge < -0.3 is 5.32 Å². The Balaban J connectivity index is 1.93. The summed E-state index contributed by atoms with van der Waals surface area (Å²) in [6, 6.07) is 12.5. The van der Waals surface area contributed by atoms with Gasteiger partial charge in [0, 0.05) is 18.2 Å². The van der Waals surface area contributed by atoms with Crippen LogP contribution in [-0.4, -0.2) is 30.7 Å². The Kier molecular flexibility index (Phi) is 6.73. The van der Waals surface area contributed by atoms with Gasteiger partial charge in [0.2, 0.25) is 5.78 Å². The van der Waals surface area contributed by atoms with Gasteiger partial charge in [-0.15, -0.1) is 5.10 Å². The lowest BCUT2D eigenvalue weighted by molar-refractivity contribution is 0.0943. The van der Waals surface area contributed by atoms with Gasteiger partial charge in [0.05, 0.1) is 17.4 Å². The topological polar surface area (TPSA) is 90.4 Å². The number of rotatable bonds is 8. The minimum atomic E-state index is -0.363. The van der Waals surface area contributed by atoms with Crippen molar-refractivity contribution in [1.29, 1.82) is 0 Å². The standard InChI is InChI=1S/C27H31N5O3/c1-6-19-7-9-20(10-8-19)16-31-27(35)32-23-15-21(24(33)28-18(4)5)11-12-22(23)25(34)30(26(32)29-31)14-13-17(2)3/h6-12,15,17-18H,1,13-14,16H2,2-5H3,(H,28,33). The van der Waals surface area contributed by atoms with Crippen molar-refractivity contribution in [2.45, 2.75) is 53.2 Å². The average molecular weight is 474 g/mol. The highest BCUT2D eigenvalue weighted by Gasteiger charge is 2.19. The summed E-state index contributed by atoms with van der Waals surface area (Å²) in [5.41, 5.74) is 2.05. The molecule has 0 aliphatic heterocycles. The fourth-order valence-electron chi connectivity index (χ4n) is 4.03. The first-order chi connectivity index (χ1) is 16.7. The minimum Gasteiger partial charge on any atom is -0.350 e. The van der Waals surface area contributed by atoms with Crippen molar-refractivity contribution in [3.05, 3.63) is 86.6 Å². The number of aryl methyl sites for hydroxylation is 1. The number of nitrogens with zero attached hydrogens (tertiary/aromatic N) is 4. The molecule has 35 heavy (non-hydrogen) atoms. The first-order valence-corrected chi connectivity index (χ1v) is 11.9. The second-order valence-corrected chi connectivity index (χ2v) is 9.52. The van der Waals surface area contributed by atoms with E-state index in [0.29, 0.717) is 28.9 Å². The van der Waals surface area contributed by atoms with Crippen LogP contribution in [0.1, 0.15) is 55.6 Å². The largest absolute Gasteiger partial charge is 0.352 e. The summed E-state index contributed by atoms with van der Waals surface area (Å²) in [6.07, 6.45) is 2.52. The van der Waals surface area contributed by atoms with Crippen molar-refractivity contribution in [3.63, 3.8) is 0 Å². The number of benzene rings is 2. The highest BCUT2D eigenvalue weighted by molar-refractivity contribution is 5.98. The Bertz CT molecular complexity index is 1520. The molecule has 0 saturated carbocycles. The lowest BCUT2D eigenvalue weighted by atomic mass is 10.1. The summed E-state index contributed by atoms with van der Waals surface area (Å²) < 4.78 is 4.38. The van der Waals surface area contributed by atoms with Gasteiger partial charge in [0.25, 0.3) is 11.5 Å². The summed E-state index contributed by atoms with van der Waals surface area (Å²) in [6.45, 7) is 12.4. The lowest BCUT2D eigenvalue weighted by Gasteiger charge is -2.12. The van der Waals surface area contributed by atoms with E-state index < -0.39 is 0 Å². The molecule has 0 unspecified atom stereocenters. The first kappa shape index (κ1) is 24.2. The quantitative estimate of drug-likeness (QED) is 0.423. The van der Waals surface area contributed by atoms with Gasteiger partial charge in [-0.05, 0) is 55.5 Å². The molecule has 4 rings (SSSR count). The van der Waals surface area contributed by atoms with E-state index in [4.69, 9.17) is 0 Å².